The van der Waals surface area contributed by atoms with Crippen LogP contribution in [0.5, 0.6) is 0 Å². The first kappa shape index (κ1) is 20.2. The number of aliphatic hydroxyl groups excluding tert-OH is 1. The van der Waals surface area contributed by atoms with Gasteiger partial charge in [-0.2, -0.15) is 0 Å². The molecule has 29 heavy (non-hydrogen) atoms. The maximum absolute atomic E-state index is 12.7. The van der Waals surface area contributed by atoms with E-state index in [1.807, 2.05) is 12.1 Å². The van der Waals surface area contributed by atoms with E-state index in [0.717, 1.165) is 24.9 Å². The second-order valence-electron chi connectivity index (χ2n) is 7.00. The van der Waals surface area contributed by atoms with Gasteiger partial charge in [0.2, 0.25) is 5.78 Å². The minimum Gasteiger partial charge on any atom is -0.506 e. The van der Waals surface area contributed by atoms with E-state index in [2.05, 4.69) is 17.2 Å². The molecule has 3 rings (SSSR count). The molecule has 0 unspecified atom stereocenters. The third-order valence-corrected chi connectivity index (χ3v) is 4.69. The number of nitrogens with one attached hydrogen (secondary N) is 1. The first-order valence-corrected chi connectivity index (χ1v) is 9.73. The maximum Gasteiger partial charge on any atom is 0.208 e. The molecule has 0 heterocycles. The van der Waals surface area contributed by atoms with Crippen molar-refractivity contribution in [2.45, 2.75) is 32.6 Å². The lowest BCUT2D eigenvalue weighted by Gasteiger charge is -2.21. The molecule has 0 bridgehead atoms. The van der Waals surface area contributed by atoms with Gasteiger partial charge in [-0.25, -0.2) is 4.99 Å². The Kier molecular flexibility index (Phi) is 6.34. The quantitative estimate of drug-likeness (QED) is 0.305. The molecule has 0 amide bonds. The first-order chi connectivity index (χ1) is 14.0. The van der Waals surface area contributed by atoms with E-state index < -0.39 is 0 Å². The van der Waals surface area contributed by atoms with E-state index in [-0.39, 0.29) is 11.5 Å². The number of ketones is 1. The highest BCUT2D eigenvalue weighted by atomic mass is 16.3. The van der Waals surface area contributed by atoms with Gasteiger partial charge >= 0.3 is 0 Å². The summed E-state index contributed by atoms with van der Waals surface area (Å²) in [6.07, 6.45) is 4.79. The van der Waals surface area contributed by atoms with Crippen molar-refractivity contribution >= 4 is 34.2 Å². The van der Waals surface area contributed by atoms with Crippen molar-refractivity contribution in [3.63, 3.8) is 0 Å². The summed E-state index contributed by atoms with van der Waals surface area (Å²) in [4.78, 5) is 17.3. The number of rotatable bonds is 7. The molecule has 6 heteroatoms. The van der Waals surface area contributed by atoms with Gasteiger partial charge in [-0.15, -0.1) is 0 Å². The van der Waals surface area contributed by atoms with Crippen LogP contribution in [0.1, 0.15) is 32.6 Å². The average molecular weight is 390 g/mol. The van der Waals surface area contributed by atoms with E-state index in [1.54, 1.807) is 36.4 Å². The number of nitrogens with zero attached hydrogens (tertiary/aromatic N) is 1. The highest BCUT2D eigenvalue weighted by Gasteiger charge is 2.27. The molecule has 0 spiro atoms. The second-order valence-corrected chi connectivity index (χ2v) is 7.00. The molecule has 0 saturated heterocycles. The fraction of sp³-hybridized carbons (Fsp3) is 0.217. The molecule has 0 aromatic heterocycles. The molecular formula is C23H26N4O2. The van der Waals surface area contributed by atoms with Crippen molar-refractivity contribution in [3.8, 4) is 0 Å². The number of carbonyl (C=O) groups excluding carboxylic acids is 1. The van der Waals surface area contributed by atoms with Crippen LogP contribution in [-0.4, -0.2) is 16.6 Å². The predicted octanol–water partition coefficient (Wildman–Crippen LogP) is 4.89. The summed E-state index contributed by atoms with van der Waals surface area (Å²) in [5, 5.41) is 13.8. The van der Waals surface area contributed by atoms with Crippen LogP contribution >= 0.6 is 0 Å². The van der Waals surface area contributed by atoms with Crippen LogP contribution in [0.2, 0.25) is 0 Å². The molecule has 0 radical (unpaired) electrons. The summed E-state index contributed by atoms with van der Waals surface area (Å²) < 4.78 is 0. The predicted molar refractivity (Wildman–Crippen MR) is 119 cm³/mol. The first-order valence-electron chi connectivity index (χ1n) is 9.73. The molecule has 6 nitrogen and oxygen atoms in total. The number of benzene rings is 2. The standard InChI is InChI=1S/C23H26N4O2/c1-2-3-4-5-19-22(26-17-10-6-15(24)7-11-17)20(28)14-21(29)23(19)27-18-12-8-16(25)9-13-18/h6-14,26,28H,2-5,24-25H2,1H3. The van der Waals surface area contributed by atoms with Gasteiger partial charge in [0.25, 0.3) is 0 Å². The molecule has 1 aliphatic carbocycles. The topological polar surface area (TPSA) is 114 Å². The number of anilines is 3. The number of hydrogen-bond donors (Lipinski definition) is 4. The van der Waals surface area contributed by atoms with Gasteiger partial charge < -0.3 is 21.9 Å². The second kappa shape index (κ2) is 9.10. The summed E-state index contributed by atoms with van der Waals surface area (Å²) in [5.41, 5.74) is 15.7. The van der Waals surface area contributed by atoms with Gasteiger partial charge in [0.15, 0.2) is 0 Å². The van der Waals surface area contributed by atoms with Crippen LogP contribution in [0.25, 0.3) is 0 Å². The van der Waals surface area contributed by atoms with Crippen molar-refractivity contribution in [2.24, 2.45) is 4.99 Å². The zero-order valence-corrected chi connectivity index (χ0v) is 16.5. The molecule has 1 aliphatic rings. The third-order valence-electron chi connectivity index (χ3n) is 4.69. The Hall–Kier alpha value is -3.54. The van der Waals surface area contributed by atoms with Gasteiger partial charge in [-0.1, -0.05) is 19.8 Å². The number of nitrogen functional groups attached to an aromatic ring is 2. The van der Waals surface area contributed by atoms with Crippen molar-refractivity contribution in [1.29, 1.82) is 0 Å². The maximum atomic E-state index is 12.7. The highest BCUT2D eigenvalue weighted by Crippen LogP contribution is 2.29. The SMILES string of the molecule is CCCCCC1=C(Nc2ccc(N)cc2)C(O)=CC(=O)C1=Nc1ccc(N)cc1. The Balaban J connectivity index is 2.04. The Labute approximate surface area is 170 Å². The summed E-state index contributed by atoms with van der Waals surface area (Å²) in [6.45, 7) is 2.12. The van der Waals surface area contributed by atoms with E-state index in [9.17, 15) is 9.90 Å². The molecule has 2 aromatic rings. The zero-order valence-electron chi connectivity index (χ0n) is 16.5. The van der Waals surface area contributed by atoms with E-state index in [0.29, 0.717) is 40.5 Å². The number of carbonyl (C=O) groups is 1. The minimum absolute atomic E-state index is 0.0884. The number of aliphatic imine (C=N–C) groups is 1. The smallest absolute Gasteiger partial charge is 0.208 e. The number of aliphatic hydroxyl groups is 1. The van der Waals surface area contributed by atoms with Crippen LogP contribution in [0, 0.1) is 0 Å². The fourth-order valence-corrected chi connectivity index (χ4v) is 3.13. The average Bonchev–Trinajstić information content (AvgIpc) is 2.70. The lowest BCUT2D eigenvalue weighted by Crippen LogP contribution is -2.24. The Morgan fingerprint density at radius 3 is 2.21 bits per heavy atom. The third kappa shape index (κ3) is 5.04. The van der Waals surface area contributed by atoms with E-state index >= 15 is 0 Å². The summed E-state index contributed by atoms with van der Waals surface area (Å²) in [6, 6.07) is 14.2. The molecular weight excluding hydrogens is 364 g/mol. The molecule has 6 N–H and O–H groups in total. The Bertz CT molecular complexity index is 971. The summed E-state index contributed by atoms with van der Waals surface area (Å²) >= 11 is 0. The lowest BCUT2D eigenvalue weighted by atomic mass is 9.92. The number of hydrogen-bond acceptors (Lipinski definition) is 6. The van der Waals surface area contributed by atoms with Gasteiger partial charge in [0.05, 0.1) is 11.4 Å². The number of allylic oxidation sites excluding steroid dienone is 2. The normalized spacial score (nSPS) is 15.6. The Morgan fingerprint density at radius 2 is 1.59 bits per heavy atom. The van der Waals surface area contributed by atoms with Crippen LogP contribution < -0.4 is 16.8 Å². The van der Waals surface area contributed by atoms with Crippen molar-refractivity contribution in [1.82, 2.24) is 0 Å². The number of nitrogens with two attached hydrogens (primary N) is 2. The molecule has 0 aliphatic heterocycles. The molecule has 150 valence electrons. The highest BCUT2D eigenvalue weighted by molar-refractivity contribution is 6.51. The van der Waals surface area contributed by atoms with Crippen molar-refractivity contribution in [2.75, 3.05) is 16.8 Å². The van der Waals surface area contributed by atoms with Gasteiger partial charge in [-0.3, -0.25) is 4.79 Å². The molecule has 0 fully saturated rings. The van der Waals surface area contributed by atoms with Gasteiger partial charge in [0.1, 0.15) is 11.5 Å². The van der Waals surface area contributed by atoms with Crippen molar-refractivity contribution in [3.05, 3.63) is 71.6 Å². The van der Waals surface area contributed by atoms with Crippen LogP contribution in [-0.2, 0) is 4.79 Å². The van der Waals surface area contributed by atoms with E-state index in [4.69, 9.17) is 11.5 Å². The summed E-state index contributed by atoms with van der Waals surface area (Å²) in [7, 11) is 0. The van der Waals surface area contributed by atoms with Gasteiger partial charge in [0, 0.05) is 28.7 Å². The molecule has 2 aromatic carbocycles. The fourth-order valence-electron chi connectivity index (χ4n) is 3.13. The van der Waals surface area contributed by atoms with Crippen LogP contribution in [0.15, 0.2) is 76.6 Å². The lowest BCUT2D eigenvalue weighted by molar-refractivity contribution is -0.109. The summed E-state index contributed by atoms with van der Waals surface area (Å²) in [5.74, 6) is -0.400. The zero-order chi connectivity index (χ0) is 20.8. The van der Waals surface area contributed by atoms with E-state index in [1.165, 1.54) is 6.08 Å². The number of unbranched alkanes of at least 4 members (excludes halogenated alkanes) is 2. The largest absolute Gasteiger partial charge is 0.506 e. The molecule has 0 saturated carbocycles. The monoisotopic (exact) mass is 390 g/mol. The van der Waals surface area contributed by atoms with Crippen molar-refractivity contribution < 1.29 is 9.90 Å². The van der Waals surface area contributed by atoms with Crippen LogP contribution in [0.3, 0.4) is 0 Å². The molecule has 0 atom stereocenters. The Morgan fingerprint density at radius 1 is 0.966 bits per heavy atom. The van der Waals surface area contributed by atoms with Crippen LogP contribution in [0.4, 0.5) is 22.7 Å². The minimum atomic E-state index is -0.311. The van der Waals surface area contributed by atoms with Gasteiger partial charge in [-0.05, 0) is 61.4 Å².